The second-order valence-electron chi connectivity index (χ2n) is 6.39. The molecule has 0 amide bonds. The quantitative estimate of drug-likeness (QED) is 0.489. The highest BCUT2D eigenvalue weighted by atomic mass is 127. The molecule has 0 bridgehead atoms. The van der Waals surface area contributed by atoms with Crippen molar-refractivity contribution < 1.29 is 14.6 Å². The molecule has 0 spiro atoms. The van der Waals surface area contributed by atoms with Crippen LogP contribution in [0.2, 0.25) is 0 Å². The third-order valence-corrected chi connectivity index (χ3v) is 5.53. The topological polar surface area (TPSA) is 38.7 Å². The van der Waals surface area contributed by atoms with Crippen molar-refractivity contribution in [2.45, 2.75) is 40.0 Å². The minimum atomic E-state index is 0.257. The van der Waals surface area contributed by atoms with Crippen molar-refractivity contribution in [3.8, 4) is 11.5 Å². The van der Waals surface area contributed by atoms with Crippen molar-refractivity contribution in [3.63, 3.8) is 0 Å². The Morgan fingerprint density at radius 1 is 1.17 bits per heavy atom. The molecule has 2 rings (SSSR count). The molecule has 0 aromatic heterocycles. The molecule has 0 heterocycles. The molecule has 0 saturated heterocycles. The third kappa shape index (κ3) is 4.22. The molecule has 2 aromatic carbocycles. The van der Waals surface area contributed by atoms with E-state index < -0.39 is 0 Å². The maximum absolute atomic E-state index is 10.1. The van der Waals surface area contributed by atoms with Gasteiger partial charge < -0.3 is 14.6 Å². The summed E-state index contributed by atoms with van der Waals surface area (Å²) >= 11 is 2.22. The summed E-state index contributed by atoms with van der Waals surface area (Å²) in [6, 6.07) is 8.42. The Bertz CT molecular complexity index is 723. The average Bonchev–Trinajstić information content (AvgIpc) is 2.56. The number of halogens is 1. The predicted octanol–water partition coefficient (Wildman–Crippen LogP) is 5.31. The number of hydrogen-bond donors (Lipinski definition) is 1. The highest BCUT2D eigenvalue weighted by Crippen LogP contribution is 2.32. The molecule has 3 nitrogen and oxygen atoms in total. The van der Waals surface area contributed by atoms with Crippen molar-refractivity contribution in [1.82, 2.24) is 0 Å². The Kier molecular flexibility index (Phi) is 6.52. The van der Waals surface area contributed by atoms with Gasteiger partial charge in [-0.3, -0.25) is 0 Å². The molecule has 0 radical (unpaired) electrons. The summed E-state index contributed by atoms with van der Waals surface area (Å²) in [6.45, 7) is 8.60. The molecule has 24 heavy (non-hydrogen) atoms. The van der Waals surface area contributed by atoms with E-state index in [4.69, 9.17) is 9.47 Å². The normalized spacial score (nSPS) is 11.1. The lowest BCUT2D eigenvalue weighted by molar-refractivity contribution is 0.0502. The number of benzene rings is 2. The number of phenols is 1. The van der Waals surface area contributed by atoms with E-state index in [1.54, 1.807) is 7.11 Å². The first kappa shape index (κ1) is 19.1. The molecule has 4 heteroatoms. The highest BCUT2D eigenvalue weighted by molar-refractivity contribution is 14.1. The van der Waals surface area contributed by atoms with E-state index in [1.807, 2.05) is 13.0 Å². The minimum absolute atomic E-state index is 0.257. The van der Waals surface area contributed by atoms with Gasteiger partial charge in [-0.25, -0.2) is 0 Å². The van der Waals surface area contributed by atoms with E-state index in [-0.39, 0.29) is 6.79 Å². The van der Waals surface area contributed by atoms with E-state index in [2.05, 4.69) is 61.6 Å². The zero-order valence-corrected chi connectivity index (χ0v) is 17.1. The Morgan fingerprint density at radius 3 is 2.50 bits per heavy atom. The van der Waals surface area contributed by atoms with Crippen LogP contribution in [-0.4, -0.2) is 19.0 Å². The summed E-state index contributed by atoms with van der Waals surface area (Å²) in [5, 5.41) is 10.1. The van der Waals surface area contributed by atoms with Crippen molar-refractivity contribution in [2.24, 2.45) is 0 Å². The smallest absolute Gasteiger partial charge is 0.188 e. The van der Waals surface area contributed by atoms with Crippen LogP contribution in [0.4, 0.5) is 0 Å². The zero-order valence-electron chi connectivity index (χ0n) is 14.9. The van der Waals surface area contributed by atoms with Gasteiger partial charge in [0.15, 0.2) is 6.79 Å². The van der Waals surface area contributed by atoms with Gasteiger partial charge in [0, 0.05) is 7.11 Å². The van der Waals surface area contributed by atoms with Gasteiger partial charge in [0.05, 0.1) is 3.57 Å². The van der Waals surface area contributed by atoms with Gasteiger partial charge in [-0.1, -0.05) is 32.0 Å². The molecule has 0 aliphatic carbocycles. The largest absolute Gasteiger partial charge is 0.507 e. The molecule has 1 N–H and O–H groups in total. The van der Waals surface area contributed by atoms with E-state index in [0.29, 0.717) is 11.7 Å². The number of aryl methyl sites for hydroxylation is 1. The number of rotatable bonds is 6. The van der Waals surface area contributed by atoms with Crippen LogP contribution >= 0.6 is 22.6 Å². The standard InChI is InChI=1S/C20H25IO3/c1-12(2)17-10-15(6-7-18(17)24-11-23-5)9-16-8-13(3)20(22)19(21)14(16)4/h6-8,10,12,22H,9,11H2,1-5H3. The number of ether oxygens (including phenoxy) is 2. The minimum Gasteiger partial charge on any atom is -0.507 e. The average molecular weight is 440 g/mol. The molecular formula is C20H25IO3. The monoisotopic (exact) mass is 440 g/mol. The molecular weight excluding hydrogens is 415 g/mol. The van der Waals surface area contributed by atoms with E-state index >= 15 is 0 Å². The molecule has 0 saturated carbocycles. The SMILES string of the molecule is COCOc1ccc(Cc2cc(C)c(O)c(I)c2C)cc1C(C)C. The number of aromatic hydroxyl groups is 1. The van der Waals surface area contributed by atoms with Crippen LogP contribution in [0.25, 0.3) is 0 Å². The molecule has 0 aliphatic rings. The van der Waals surface area contributed by atoms with Crippen molar-refractivity contribution in [3.05, 3.63) is 55.7 Å². The fourth-order valence-corrected chi connectivity index (χ4v) is 3.52. The van der Waals surface area contributed by atoms with Crippen LogP contribution in [0, 0.1) is 17.4 Å². The van der Waals surface area contributed by atoms with Crippen LogP contribution in [-0.2, 0) is 11.2 Å². The van der Waals surface area contributed by atoms with Gasteiger partial charge in [-0.2, -0.15) is 0 Å². The third-order valence-electron chi connectivity index (χ3n) is 4.21. The van der Waals surface area contributed by atoms with Crippen LogP contribution in [0.5, 0.6) is 11.5 Å². The number of phenolic OH excluding ortho intramolecular Hbond substituents is 1. The number of methoxy groups -OCH3 is 1. The fraction of sp³-hybridized carbons (Fsp3) is 0.400. The summed E-state index contributed by atoms with van der Waals surface area (Å²) < 4.78 is 11.6. The van der Waals surface area contributed by atoms with Crippen molar-refractivity contribution in [1.29, 1.82) is 0 Å². The first-order valence-electron chi connectivity index (χ1n) is 8.07. The molecule has 0 aliphatic heterocycles. The van der Waals surface area contributed by atoms with Crippen LogP contribution in [0.15, 0.2) is 24.3 Å². The first-order valence-corrected chi connectivity index (χ1v) is 9.15. The lowest BCUT2D eigenvalue weighted by atomic mass is 9.94. The van der Waals surface area contributed by atoms with Crippen LogP contribution in [0.1, 0.15) is 47.6 Å². The van der Waals surface area contributed by atoms with Gasteiger partial charge >= 0.3 is 0 Å². The predicted molar refractivity (Wildman–Crippen MR) is 106 cm³/mol. The zero-order chi connectivity index (χ0) is 17.9. The van der Waals surface area contributed by atoms with Crippen LogP contribution < -0.4 is 4.74 Å². The summed E-state index contributed by atoms with van der Waals surface area (Å²) in [4.78, 5) is 0. The van der Waals surface area contributed by atoms with E-state index in [9.17, 15) is 5.11 Å². The fourth-order valence-electron chi connectivity index (χ4n) is 2.75. The summed E-state index contributed by atoms with van der Waals surface area (Å²) in [7, 11) is 1.63. The molecule has 0 unspecified atom stereocenters. The van der Waals surface area contributed by atoms with Crippen molar-refractivity contribution >= 4 is 22.6 Å². The van der Waals surface area contributed by atoms with Gasteiger partial charge in [0.1, 0.15) is 11.5 Å². The summed E-state index contributed by atoms with van der Waals surface area (Å²) in [5.41, 5.74) is 5.74. The van der Waals surface area contributed by atoms with Gasteiger partial charge in [0.25, 0.3) is 0 Å². The van der Waals surface area contributed by atoms with Gasteiger partial charge in [0.2, 0.25) is 0 Å². The Morgan fingerprint density at radius 2 is 1.88 bits per heavy atom. The lowest BCUT2D eigenvalue weighted by Gasteiger charge is -2.16. The molecule has 130 valence electrons. The first-order chi connectivity index (χ1) is 11.3. The maximum atomic E-state index is 10.1. The molecule has 2 aromatic rings. The van der Waals surface area contributed by atoms with E-state index in [0.717, 1.165) is 26.9 Å². The summed E-state index contributed by atoms with van der Waals surface area (Å²) in [6.07, 6.45) is 0.841. The van der Waals surface area contributed by atoms with Gasteiger partial charge in [-0.15, -0.1) is 0 Å². The Balaban J connectivity index is 2.35. The van der Waals surface area contributed by atoms with Crippen LogP contribution in [0.3, 0.4) is 0 Å². The highest BCUT2D eigenvalue weighted by Gasteiger charge is 2.13. The maximum Gasteiger partial charge on any atom is 0.188 e. The second kappa shape index (κ2) is 8.21. The van der Waals surface area contributed by atoms with E-state index in [1.165, 1.54) is 16.7 Å². The Labute approximate surface area is 158 Å². The van der Waals surface area contributed by atoms with Gasteiger partial charge in [-0.05, 0) is 82.7 Å². The van der Waals surface area contributed by atoms with Crippen molar-refractivity contribution in [2.75, 3.05) is 13.9 Å². The summed E-state index contributed by atoms with van der Waals surface area (Å²) in [5.74, 6) is 1.64. The second-order valence-corrected chi connectivity index (χ2v) is 7.47. The lowest BCUT2D eigenvalue weighted by Crippen LogP contribution is -2.04. The molecule has 0 fully saturated rings. The Hall–Kier alpha value is -1.27. The molecule has 0 atom stereocenters. The number of hydrogen-bond acceptors (Lipinski definition) is 3.